The lowest BCUT2D eigenvalue weighted by Gasteiger charge is -2.16. The Kier molecular flexibility index (Phi) is 4.65. The van der Waals surface area contributed by atoms with E-state index in [1.54, 1.807) is 31.4 Å². The van der Waals surface area contributed by atoms with E-state index in [0.29, 0.717) is 13.2 Å². The molecule has 1 fully saturated rings. The number of nitrogens with two attached hydrogens (primary N) is 1. The van der Waals surface area contributed by atoms with Crippen molar-refractivity contribution in [1.82, 2.24) is 4.31 Å². The van der Waals surface area contributed by atoms with Gasteiger partial charge in [0, 0.05) is 20.2 Å². The number of amides is 1. The van der Waals surface area contributed by atoms with E-state index in [4.69, 9.17) is 10.5 Å². The van der Waals surface area contributed by atoms with Gasteiger partial charge in [-0.3, -0.25) is 4.79 Å². The summed E-state index contributed by atoms with van der Waals surface area (Å²) in [5, 5.41) is 0. The average Bonchev–Trinajstić information content (AvgIpc) is 2.82. The number of ether oxygens (including phenoxy) is 1. The number of methoxy groups -OCH3 is 1. The predicted octanol–water partition coefficient (Wildman–Crippen LogP) is 0.575. The Morgan fingerprint density at radius 3 is 2.71 bits per heavy atom. The highest BCUT2D eigenvalue weighted by atomic mass is 32.2. The second-order valence-electron chi connectivity index (χ2n) is 5.39. The molecule has 0 spiro atoms. The van der Waals surface area contributed by atoms with Gasteiger partial charge in [-0.15, -0.1) is 0 Å². The van der Waals surface area contributed by atoms with Crippen LogP contribution in [0.5, 0.6) is 0 Å². The van der Waals surface area contributed by atoms with Gasteiger partial charge in [-0.2, -0.15) is 4.31 Å². The van der Waals surface area contributed by atoms with E-state index >= 15 is 0 Å². The molecule has 6 nitrogen and oxygen atoms in total. The molecule has 1 aliphatic heterocycles. The van der Waals surface area contributed by atoms with Crippen molar-refractivity contribution in [2.24, 2.45) is 17.6 Å². The van der Waals surface area contributed by atoms with Crippen molar-refractivity contribution in [3.05, 3.63) is 29.8 Å². The maximum absolute atomic E-state index is 12.6. The van der Waals surface area contributed by atoms with E-state index in [1.807, 2.05) is 6.92 Å². The minimum Gasteiger partial charge on any atom is -0.380 e. The van der Waals surface area contributed by atoms with Crippen LogP contribution in [0.4, 0.5) is 0 Å². The lowest BCUT2D eigenvalue weighted by molar-refractivity contribution is -0.122. The van der Waals surface area contributed by atoms with E-state index in [0.717, 1.165) is 5.56 Å². The standard InChI is InChI=1S/C14H20N2O4S/c1-10-7-16(8-13(10)14(15)17)21(18,19)12-5-3-4-11(6-12)9-20-2/h3-6,10,13H,7-9H2,1-2H3,(H2,15,17)/t10-,13-/m1/s1. The number of nitrogens with zero attached hydrogens (tertiary/aromatic N) is 1. The first-order chi connectivity index (χ1) is 9.86. The van der Waals surface area contributed by atoms with Crippen molar-refractivity contribution in [2.45, 2.75) is 18.4 Å². The summed E-state index contributed by atoms with van der Waals surface area (Å²) in [6.07, 6.45) is 0. The van der Waals surface area contributed by atoms with Crippen LogP contribution in [0.2, 0.25) is 0 Å². The summed E-state index contributed by atoms with van der Waals surface area (Å²) in [5.41, 5.74) is 6.11. The van der Waals surface area contributed by atoms with Gasteiger partial charge in [-0.25, -0.2) is 8.42 Å². The van der Waals surface area contributed by atoms with Crippen LogP contribution in [0.3, 0.4) is 0 Å². The number of hydrogen-bond donors (Lipinski definition) is 1. The Morgan fingerprint density at radius 2 is 2.14 bits per heavy atom. The van der Waals surface area contributed by atoms with Gasteiger partial charge in [0.1, 0.15) is 0 Å². The van der Waals surface area contributed by atoms with E-state index < -0.39 is 21.8 Å². The van der Waals surface area contributed by atoms with Gasteiger partial charge in [0.15, 0.2) is 0 Å². The van der Waals surface area contributed by atoms with Crippen molar-refractivity contribution in [3.63, 3.8) is 0 Å². The first-order valence-corrected chi connectivity index (χ1v) is 8.17. The third kappa shape index (κ3) is 3.25. The summed E-state index contributed by atoms with van der Waals surface area (Å²) in [6.45, 7) is 2.65. The van der Waals surface area contributed by atoms with E-state index in [2.05, 4.69) is 0 Å². The van der Waals surface area contributed by atoms with Crippen LogP contribution in [0.1, 0.15) is 12.5 Å². The topological polar surface area (TPSA) is 89.7 Å². The summed E-state index contributed by atoms with van der Waals surface area (Å²) >= 11 is 0. The number of benzene rings is 1. The molecule has 0 aliphatic carbocycles. The van der Waals surface area contributed by atoms with Crippen LogP contribution in [0.25, 0.3) is 0 Å². The zero-order chi connectivity index (χ0) is 15.6. The number of rotatable bonds is 5. The van der Waals surface area contributed by atoms with Crippen molar-refractivity contribution in [2.75, 3.05) is 20.2 Å². The predicted molar refractivity (Wildman–Crippen MR) is 77.8 cm³/mol. The zero-order valence-electron chi connectivity index (χ0n) is 12.2. The van der Waals surface area contributed by atoms with Gasteiger partial charge in [0.25, 0.3) is 0 Å². The second-order valence-corrected chi connectivity index (χ2v) is 7.33. The quantitative estimate of drug-likeness (QED) is 0.861. The van der Waals surface area contributed by atoms with Crippen molar-refractivity contribution in [1.29, 1.82) is 0 Å². The van der Waals surface area contributed by atoms with Gasteiger partial charge in [0.2, 0.25) is 15.9 Å². The SMILES string of the molecule is COCc1cccc(S(=O)(=O)N2C[C@@H](C)[C@H](C(N)=O)C2)c1. The first kappa shape index (κ1) is 15.9. The zero-order valence-corrected chi connectivity index (χ0v) is 13.0. The maximum Gasteiger partial charge on any atom is 0.243 e. The van der Waals surface area contributed by atoms with Crippen molar-refractivity contribution in [3.8, 4) is 0 Å². The molecule has 0 saturated carbocycles. The summed E-state index contributed by atoms with van der Waals surface area (Å²) in [5.74, 6) is -0.949. The summed E-state index contributed by atoms with van der Waals surface area (Å²) in [4.78, 5) is 11.6. The molecule has 2 N–H and O–H groups in total. The van der Waals surface area contributed by atoms with Crippen LogP contribution in [0, 0.1) is 11.8 Å². The third-order valence-corrected chi connectivity index (χ3v) is 5.62. The summed E-state index contributed by atoms with van der Waals surface area (Å²) in [6, 6.07) is 6.64. The van der Waals surface area contributed by atoms with Gasteiger partial charge in [0.05, 0.1) is 17.4 Å². The minimum absolute atomic E-state index is 0.0700. The Morgan fingerprint density at radius 1 is 1.43 bits per heavy atom. The minimum atomic E-state index is -3.61. The van der Waals surface area contributed by atoms with Crippen molar-refractivity contribution < 1.29 is 17.9 Å². The second kappa shape index (κ2) is 6.13. The lowest BCUT2D eigenvalue weighted by Crippen LogP contribution is -2.32. The fraction of sp³-hybridized carbons (Fsp3) is 0.500. The van der Waals surface area contributed by atoms with E-state index in [9.17, 15) is 13.2 Å². The fourth-order valence-corrected chi connectivity index (χ4v) is 4.24. The number of primary amides is 1. The van der Waals surface area contributed by atoms with E-state index in [-0.39, 0.29) is 17.4 Å². The van der Waals surface area contributed by atoms with Crippen LogP contribution in [-0.2, 0) is 26.2 Å². The van der Waals surface area contributed by atoms with Crippen molar-refractivity contribution >= 4 is 15.9 Å². The number of carbonyl (C=O) groups is 1. The third-order valence-electron chi connectivity index (χ3n) is 3.79. The molecule has 1 aliphatic rings. The smallest absolute Gasteiger partial charge is 0.243 e. The number of hydrogen-bond acceptors (Lipinski definition) is 4. The Hall–Kier alpha value is -1.44. The molecule has 2 rings (SSSR count). The summed E-state index contributed by atoms with van der Waals surface area (Å²) < 4.78 is 31.6. The molecule has 1 heterocycles. The lowest BCUT2D eigenvalue weighted by atomic mass is 9.98. The van der Waals surface area contributed by atoms with Gasteiger partial charge in [-0.1, -0.05) is 19.1 Å². The maximum atomic E-state index is 12.6. The molecule has 0 radical (unpaired) electrons. The highest BCUT2D eigenvalue weighted by molar-refractivity contribution is 7.89. The largest absolute Gasteiger partial charge is 0.380 e. The molecule has 1 amide bonds. The Labute approximate surface area is 124 Å². The molecule has 1 aromatic rings. The molecule has 0 unspecified atom stereocenters. The molecule has 2 atom stereocenters. The molecule has 21 heavy (non-hydrogen) atoms. The average molecular weight is 312 g/mol. The molecular formula is C14H20N2O4S. The van der Waals surface area contributed by atoms with Gasteiger partial charge >= 0.3 is 0 Å². The normalized spacial score (nSPS) is 23.3. The first-order valence-electron chi connectivity index (χ1n) is 6.73. The molecule has 7 heteroatoms. The molecule has 0 bridgehead atoms. The molecule has 0 aromatic heterocycles. The Bertz CT molecular complexity index is 630. The molecule has 1 saturated heterocycles. The monoisotopic (exact) mass is 312 g/mol. The fourth-order valence-electron chi connectivity index (χ4n) is 2.60. The van der Waals surface area contributed by atoms with Gasteiger partial charge in [-0.05, 0) is 23.6 Å². The highest BCUT2D eigenvalue weighted by Crippen LogP contribution is 2.28. The highest BCUT2D eigenvalue weighted by Gasteiger charge is 2.39. The summed E-state index contributed by atoms with van der Waals surface area (Å²) in [7, 11) is -2.05. The van der Waals surface area contributed by atoms with Crippen LogP contribution >= 0.6 is 0 Å². The molecular weight excluding hydrogens is 292 g/mol. The van der Waals surface area contributed by atoms with Crippen LogP contribution < -0.4 is 5.73 Å². The Balaban J connectivity index is 2.27. The van der Waals surface area contributed by atoms with Gasteiger partial charge < -0.3 is 10.5 Å². The molecule has 116 valence electrons. The number of carbonyl (C=O) groups excluding carboxylic acids is 1. The molecule has 1 aromatic carbocycles. The van der Waals surface area contributed by atoms with E-state index in [1.165, 1.54) is 4.31 Å². The number of sulfonamides is 1. The van der Waals surface area contributed by atoms with Crippen LogP contribution in [-0.4, -0.2) is 38.8 Å². The van der Waals surface area contributed by atoms with Crippen LogP contribution in [0.15, 0.2) is 29.2 Å².